The van der Waals surface area contributed by atoms with E-state index in [2.05, 4.69) is 35.9 Å². The largest absolute Gasteiger partial charge is 0.306 e. The van der Waals surface area contributed by atoms with Crippen LogP contribution in [0.5, 0.6) is 0 Å². The molecule has 2 aromatic heterocycles. The average molecular weight is 303 g/mol. The van der Waals surface area contributed by atoms with Crippen molar-refractivity contribution in [1.29, 1.82) is 0 Å². The number of hydrogen-bond donors (Lipinski definition) is 1. The third-order valence-corrected chi connectivity index (χ3v) is 3.18. The molecule has 18 heavy (non-hydrogen) atoms. The first-order valence-corrected chi connectivity index (χ1v) is 5.99. The maximum atomic E-state index is 12.0. The van der Waals surface area contributed by atoms with Gasteiger partial charge in [0, 0.05) is 16.9 Å². The zero-order valence-corrected chi connectivity index (χ0v) is 10.7. The number of rotatable bonds is 1. The van der Waals surface area contributed by atoms with Crippen molar-refractivity contribution in [2.75, 3.05) is 0 Å². The molecule has 3 rings (SSSR count). The van der Waals surface area contributed by atoms with Crippen LogP contribution in [0.3, 0.4) is 0 Å². The van der Waals surface area contributed by atoms with Crippen molar-refractivity contribution >= 4 is 26.8 Å². The van der Waals surface area contributed by atoms with Crippen molar-refractivity contribution in [3.8, 4) is 11.4 Å². The summed E-state index contributed by atoms with van der Waals surface area (Å²) in [6.07, 6.45) is 4.64. The van der Waals surface area contributed by atoms with Crippen molar-refractivity contribution in [3.63, 3.8) is 0 Å². The summed E-state index contributed by atoms with van der Waals surface area (Å²) in [6.45, 7) is 0. The molecule has 0 saturated carbocycles. The van der Waals surface area contributed by atoms with Gasteiger partial charge in [0.2, 0.25) is 0 Å². The molecule has 0 aliphatic carbocycles. The molecule has 0 radical (unpaired) electrons. The summed E-state index contributed by atoms with van der Waals surface area (Å²) in [5, 5.41) is 0.540. The lowest BCUT2D eigenvalue weighted by atomic mass is 10.2. The average Bonchev–Trinajstić information content (AvgIpc) is 2.39. The van der Waals surface area contributed by atoms with E-state index in [1.807, 2.05) is 12.1 Å². The molecule has 5 nitrogen and oxygen atoms in total. The lowest BCUT2D eigenvalue weighted by molar-refractivity contribution is 1.12. The van der Waals surface area contributed by atoms with Crippen molar-refractivity contribution in [3.05, 3.63) is 51.7 Å². The van der Waals surface area contributed by atoms with Gasteiger partial charge in [0.05, 0.1) is 16.5 Å². The molecule has 0 unspecified atom stereocenters. The number of hydrogen-bond acceptors (Lipinski definition) is 4. The van der Waals surface area contributed by atoms with Crippen LogP contribution >= 0.6 is 15.9 Å². The van der Waals surface area contributed by atoms with E-state index >= 15 is 0 Å². The van der Waals surface area contributed by atoms with Gasteiger partial charge in [-0.2, -0.15) is 0 Å². The Hall–Kier alpha value is -2.08. The first-order valence-electron chi connectivity index (χ1n) is 5.19. The van der Waals surface area contributed by atoms with Gasteiger partial charge in [0.25, 0.3) is 5.56 Å². The lowest BCUT2D eigenvalue weighted by Crippen LogP contribution is -2.10. The maximum absolute atomic E-state index is 12.0. The van der Waals surface area contributed by atoms with Crippen molar-refractivity contribution < 1.29 is 0 Å². The Balaban J connectivity index is 2.33. The molecule has 0 atom stereocenters. The van der Waals surface area contributed by atoms with E-state index in [1.54, 1.807) is 18.5 Å². The van der Waals surface area contributed by atoms with Crippen LogP contribution in [-0.4, -0.2) is 19.9 Å². The Labute approximate surface area is 110 Å². The molecule has 0 amide bonds. The minimum atomic E-state index is -0.189. The summed E-state index contributed by atoms with van der Waals surface area (Å²) in [7, 11) is 0. The van der Waals surface area contributed by atoms with Crippen LogP contribution in [0.2, 0.25) is 0 Å². The van der Waals surface area contributed by atoms with E-state index in [9.17, 15) is 4.79 Å². The molecular formula is C12H7BrN4O. The van der Waals surface area contributed by atoms with Gasteiger partial charge in [0.15, 0.2) is 0 Å². The molecule has 6 heteroatoms. The van der Waals surface area contributed by atoms with Crippen molar-refractivity contribution in [1.82, 2.24) is 19.9 Å². The molecule has 0 spiro atoms. The van der Waals surface area contributed by atoms with Crippen LogP contribution in [0.4, 0.5) is 0 Å². The number of halogens is 1. The minimum Gasteiger partial charge on any atom is -0.306 e. The molecule has 2 heterocycles. The number of aromatic amines is 1. The zero-order valence-electron chi connectivity index (χ0n) is 9.09. The van der Waals surface area contributed by atoms with Crippen molar-refractivity contribution in [2.45, 2.75) is 0 Å². The highest BCUT2D eigenvalue weighted by atomic mass is 79.9. The van der Waals surface area contributed by atoms with Gasteiger partial charge in [-0.3, -0.25) is 4.79 Å². The van der Waals surface area contributed by atoms with Gasteiger partial charge in [-0.1, -0.05) is 6.07 Å². The second-order valence-electron chi connectivity index (χ2n) is 3.68. The van der Waals surface area contributed by atoms with Gasteiger partial charge in [-0.25, -0.2) is 15.0 Å². The molecule has 1 N–H and O–H groups in total. The number of benzene rings is 1. The second kappa shape index (κ2) is 4.30. The van der Waals surface area contributed by atoms with Crippen LogP contribution < -0.4 is 5.56 Å². The Bertz CT molecular complexity index is 770. The van der Waals surface area contributed by atoms with E-state index < -0.39 is 0 Å². The molecular weight excluding hydrogens is 296 g/mol. The number of H-pyrrole nitrogens is 1. The lowest BCUT2D eigenvalue weighted by Gasteiger charge is -2.03. The number of nitrogens with zero attached hydrogens (tertiary/aromatic N) is 3. The van der Waals surface area contributed by atoms with Gasteiger partial charge in [-0.15, -0.1) is 0 Å². The van der Waals surface area contributed by atoms with Crippen LogP contribution in [0.1, 0.15) is 0 Å². The van der Waals surface area contributed by atoms with Crippen LogP contribution in [0, 0.1) is 0 Å². The predicted molar refractivity (Wildman–Crippen MR) is 71.1 cm³/mol. The third-order valence-electron chi connectivity index (χ3n) is 2.52. The second-order valence-corrected chi connectivity index (χ2v) is 4.53. The topological polar surface area (TPSA) is 71.5 Å². The summed E-state index contributed by atoms with van der Waals surface area (Å²) >= 11 is 3.34. The van der Waals surface area contributed by atoms with Crippen LogP contribution in [0.15, 0.2) is 46.2 Å². The molecule has 1 aromatic carbocycles. The highest BCUT2D eigenvalue weighted by Crippen LogP contribution is 2.20. The molecule has 0 aliphatic rings. The highest BCUT2D eigenvalue weighted by Gasteiger charge is 2.08. The Kier molecular flexibility index (Phi) is 2.64. The summed E-state index contributed by atoms with van der Waals surface area (Å²) in [6, 6.07) is 5.44. The standard InChI is InChI=1S/C12H7BrN4O/c13-8-2-1-3-9-10(8)12(18)17-11(16-9)7-4-14-6-15-5-7/h1-6H,(H,16,17,18). The van der Waals surface area contributed by atoms with E-state index in [1.165, 1.54) is 6.33 Å². The van der Waals surface area contributed by atoms with Crippen LogP contribution in [-0.2, 0) is 0 Å². The zero-order chi connectivity index (χ0) is 12.5. The Morgan fingerprint density at radius 1 is 1.17 bits per heavy atom. The Morgan fingerprint density at radius 3 is 2.72 bits per heavy atom. The minimum absolute atomic E-state index is 0.189. The number of aromatic nitrogens is 4. The fourth-order valence-corrected chi connectivity index (χ4v) is 2.24. The van der Waals surface area contributed by atoms with Crippen molar-refractivity contribution in [2.24, 2.45) is 0 Å². The summed E-state index contributed by atoms with van der Waals surface area (Å²) in [5.74, 6) is 0.464. The molecule has 0 fully saturated rings. The predicted octanol–water partition coefficient (Wildman–Crippen LogP) is 2.14. The monoisotopic (exact) mass is 302 g/mol. The molecule has 3 aromatic rings. The van der Waals surface area contributed by atoms with Gasteiger partial charge < -0.3 is 4.98 Å². The van der Waals surface area contributed by atoms with E-state index in [-0.39, 0.29) is 5.56 Å². The SMILES string of the molecule is O=c1[nH]c(-c2cncnc2)nc2cccc(Br)c12. The van der Waals surface area contributed by atoms with Crippen LogP contribution in [0.25, 0.3) is 22.3 Å². The fraction of sp³-hybridized carbons (Fsp3) is 0. The van der Waals surface area contributed by atoms with E-state index in [0.29, 0.717) is 22.3 Å². The first kappa shape index (κ1) is 11.0. The van der Waals surface area contributed by atoms with E-state index in [0.717, 1.165) is 4.47 Å². The van der Waals surface area contributed by atoms with Gasteiger partial charge >= 0.3 is 0 Å². The summed E-state index contributed by atoms with van der Waals surface area (Å²) in [4.78, 5) is 27.0. The first-order chi connectivity index (χ1) is 8.75. The van der Waals surface area contributed by atoms with Gasteiger partial charge in [0.1, 0.15) is 12.2 Å². The number of nitrogens with one attached hydrogen (secondary N) is 1. The highest BCUT2D eigenvalue weighted by molar-refractivity contribution is 9.10. The molecule has 0 saturated heterocycles. The molecule has 88 valence electrons. The summed E-state index contributed by atoms with van der Waals surface area (Å²) in [5.41, 5.74) is 1.12. The molecule has 0 bridgehead atoms. The van der Waals surface area contributed by atoms with E-state index in [4.69, 9.17) is 0 Å². The number of fused-ring (bicyclic) bond motifs is 1. The smallest absolute Gasteiger partial charge is 0.260 e. The van der Waals surface area contributed by atoms with Gasteiger partial charge in [-0.05, 0) is 28.1 Å². The normalized spacial score (nSPS) is 10.7. The molecule has 0 aliphatic heterocycles. The quantitative estimate of drug-likeness (QED) is 0.747. The fourth-order valence-electron chi connectivity index (χ4n) is 1.71. The Morgan fingerprint density at radius 2 is 1.94 bits per heavy atom. The summed E-state index contributed by atoms with van der Waals surface area (Å²) < 4.78 is 0.726. The third kappa shape index (κ3) is 1.80. The maximum Gasteiger partial charge on any atom is 0.260 e.